The maximum atomic E-state index is 11.5. The van der Waals surface area contributed by atoms with Crippen LogP contribution in [0.4, 0.5) is 0 Å². The van der Waals surface area contributed by atoms with E-state index >= 15 is 0 Å². The van der Waals surface area contributed by atoms with Gasteiger partial charge in [0, 0.05) is 6.42 Å². The van der Waals surface area contributed by atoms with Crippen LogP contribution in [0.25, 0.3) is 0 Å². The molecule has 0 aromatic heterocycles. The van der Waals surface area contributed by atoms with Gasteiger partial charge in [0.2, 0.25) is 5.91 Å². The standard InChI is InChI=1S/C19H29NO6/c21-12-16(13-22)20-19(23)6-7-24-8-9-25-17-10-18(11-17)26-14-15-4-2-1-3-5-15/h1-5,16-18,21-22H,6-14H2,(H,20,23). The monoisotopic (exact) mass is 367 g/mol. The van der Waals surface area contributed by atoms with Crippen molar-refractivity contribution < 1.29 is 29.2 Å². The van der Waals surface area contributed by atoms with E-state index < -0.39 is 6.04 Å². The van der Waals surface area contributed by atoms with Gasteiger partial charge in [0.15, 0.2) is 0 Å². The van der Waals surface area contributed by atoms with Crippen LogP contribution in [0.5, 0.6) is 0 Å². The molecule has 1 aliphatic carbocycles. The van der Waals surface area contributed by atoms with E-state index in [0.29, 0.717) is 19.8 Å². The van der Waals surface area contributed by atoms with Crippen molar-refractivity contribution in [2.24, 2.45) is 0 Å². The Labute approximate surface area is 154 Å². The quantitative estimate of drug-likeness (QED) is 0.443. The normalized spacial score (nSPS) is 19.3. The summed E-state index contributed by atoms with van der Waals surface area (Å²) in [6, 6.07) is 9.50. The number of carbonyl (C=O) groups is 1. The third-order valence-electron chi connectivity index (χ3n) is 4.24. The number of nitrogens with one attached hydrogen (secondary N) is 1. The van der Waals surface area contributed by atoms with Crippen LogP contribution in [0.3, 0.4) is 0 Å². The minimum Gasteiger partial charge on any atom is -0.394 e. The van der Waals surface area contributed by atoms with Crippen LogP contribution in [0.15, 0.2) is 30.3 Å². The predicted octanol–water partition coefficient (Wildman–Crippen LogP) is 0.627. The zero-order valence-electron chi connectivity index (χ0n) is 15.0. The predicted molar refractivity (Wildman–Crippen MR) is 95.5 cm³/mol. The van der Waals surface area contributed by atoms with Gasteiger partial charge in [-0.15, -0.1) is 0 Å². The molecule has 0 aliphatic heterocycles. The number of aliphatic hydroxyl groups excluding tert-OH is 2. The van der Waals surface area contributed by atoms with Gasteiger partial charge in [0.05, 0.1) is 57.9 Å². The van der Waals surface area contributed by atoms with Crippen LogP contribution < -0.4 is 5.32 Å². The molecule has 0 saturated heterocycles. The van der Waals surface area contributed by atoms with Crippen LogP contribution >= 0.6 is 0 Å². The molecule has 1 fully saturated rings. The average molecular weight is 367 g/mol. The lowest BCUT2D eigenvalue weighted by Gasteiger charge is -2.34. The van der Waals surface area contributed by atoms with E-state index in [1.54, 1.807) is 0 Å². The highest BCUT2D eigenvalue weighted by atomic mass is 16.5. The molecule has 0 bridgehead atoms. The summed E-state index contributed by atoms with van der Waals surface area (Å²) in [5, 5.41) is 20.3. The second-order valence-electron chi connectivity index (χ2n) is 6.37. The largest absolute Gasteiger partial charge is 0.394 e. The zero-order valence-corrected chi connectivity index (χ0v) is 15.0. The minimum absolute atomic E-state index is 0.190. The molecule has 146 valence electrons. The number of rotatable bonds is 13. The first-order valence-electron chi connectivity index (χ1n) is 9.07. The van der Waals surface area contributed by atoms with Gasteiger partial charge in [0.1, 0.15) is 0 Å². The fraction of sp³-hybridized carbons (Fsp3) is 0.632. The van der Waals surface area contributed by atoms with Crippen LogP contribution in [-0.4, -0.2) is 67.4 Å². The Morgan fingerprint density at radius 2 is 1.73 bits per heavy atom. The van der Waals surface area contributed by atoms with E-state index in [0.717, 1.165) is 12.8 Å². The molecule has 0 heterocycles. The van der Waals surface area contributed by atoms with E-state index in [1.807, 2.05) is 18.2 Å². The second-order valence-corrected chi connectivity index (χ2v) is 6.37. The first-order chi connectivity index (χ1) is 12.7. The van der Waals surface area contributed by atoms with Gasteiger partial charge in [-0.2, -0.15) is 0 Å². The third-order valence-corrected chi connectivity index (χ3v) is 4.24. The summed E-state index contributed by atoms with van der Waals surface area (Å²) in [5.74, 6) is -0.253. The van der Waals surface area contributed by atoms with Gasteiger partial charge in [0.25, 0.3) is 0 Å². The Hall–Kier alpha value is -1.51. The average Bonchev–Trinajstić information content (AvgIpc) is 2.64. The van der Waals surface area contributed by atoms with Gasteiger partial charge in [-0.3, -0.25) is 4.79 Å². The third kappa shape index (κ3) is 7.80. The second kappa shape index (κ2) is 12.0. The van der Waals surface area contributed by atoms with E-state index in [1.165, 1.54) is 5.56 Å². The van der Waals surface area contributed by atoms with Gasteiger partial charge in [-0.25, -0.2) is 0 Å². The molecular formula is C19H29NO6. The summed E-state index contributed by atoms with van der Waals surface area (Å²) in [7, 11) is 0. The highest BCUT2D eigenvalue weighted by Crippen LogP contribution is 2.27. The molecule has 0 unspecified atom stereocenters. The van der Waals surface area contributed by atoms with E-state index in [4.69, 9.17) is 24.4 Å². The van der Waals surface area contributed by atoms with Crippen LogP contribution in [0.2, 0.25) is 0 Å². The first kappa shape index (κ1) is 20.8. The van der Waals surface area contributed by atoms with E-state index in [9.17, 15) is 4.79 Å². The number of hydrogen-bond donors (Lipinski definition) is 3. The van der Waals surface area contributed by atoms with Crippen LogP contribution in [0.1, 0.15) is 24.8 Å². The Kier molecular flexibility index (Phi) is 9.58. The number of amides is 1. The molecule has 0 atom stereocenters. The molecule has 1 aromatic rings. The van der Waals surface area contributed by atoms with Crippen molar-refractivity contribution in [1.82, 2.24) is 5.32 Å². The van der Waals surface area contributed by atoms with Crippen LogP contribution in [-0.2, 0) is 25.6 Å². The lowest BCUT2D eigenvalue weighted by molar-refractivity contribution is -0.125. The topological polar surface area (TPSA) is 97.3 Å². The molecule has 1 saturated carbocycles. The SMILES string of the molecule is O=C(CCOCCOC1CC(OCc2ccccc2)C1)NC(CO)CO. The van der Waals surface area contributed by atoms with Crippen molar-refractivity contribution in [3.05, 3.63) is 35.9 Å². The van der Waals surface area contributed by atoms with E-state index in [-0.39, 0.29) is 44.4 Å². The maximum absolute atomic E-state index is 11.5. The fourth-order valence-corrected chi connectivity index (χ4v) is 2.57. The summed E-state index contributed by atoms with van der Waals surface area (Å²) in [6.45, 7) is 1.28. The van der Waals surface area contributed by atoms with Crippen molar-refractivity contribution in [1.29, 1.82) is 0 Å². The molecule has 0 spiro atoms. The summed E-state index contributed by atoms with van der Waals surface area (Å²) in [6.07, 6.45) is 2.47. The number of carbonyl (C=O) groups excluding carboxylic acids is 1. The molecule has 1 amide bonds. The highest BCUT2D eigenvalue weighted by Gasteiger charge is 2.30. The summed E-state index contributed by atoms with van der Waals surface area (Å²) >= 11 is 0. The molecule has 0 radical (unpaired) electrons. The Bertz CT molecular complexity index is 502. The van der Waals surface area contributed by atoms with Crippen molar-refractivity contribution in [3.63, 3.8) is 0 Å². The van der Waals surface area contributed by atoms with E-state index in [2.05, 4.69) is 17.4 Å². The molecule has 1 aliphatic rings. The Morgan fingerprint density at radius 3 is 2.42 bits per heavy atom. The summed E-state index contributed by atoms with van der Waals surface area (Å²) in [5.41, 5.74) is 1.18. The lowest BCUT2D eigenvalue weighted by atomic mass is 9.92. The number of aliphatic hydroxyl groups is 2. The molecule has 1 aromatic carbocycles. The Morgan fingerprint density at radius 1 is 1.04 bits per heavy atom. The number of hydrogen-bond acceptors (Lipinski definition) is 6. The van der Waals surface area contributed by atoms with Crippen LogP contribution in [0, 0.1) is 0 Å². The summed E-state index contributed by atoms with van der Waals surface area (Å²) < 4.78 is 16.9. The highest BCUT2D eigenvalue weighted by molar-refractivity contribution is 5.76. The van der Waals surface area contributed by atoms with Crippen molar-refractivity contribution >= 4 is 5.91 Å². The molecule has 7 nitrogen and oxygen atoms in total. The zero-order chi connectivity index (χ0) is 18.6. The van der Waals surface area contributed by atoms with Crippen molar-refractivity contribution in [3.8, 4) is 0 Å². The Balaban J connectivity index is 1.40. The molecule has 7 heteroatoms. The van der Waals surface area contributed by atoms with Gasteiger partial charge >= 0.3 is 0 Å². The van der Waals surface area contributed by atoms with Gasteiger partial charge < -0.3 is 29.7 Å². The van der Waals surface area contributed by atoms with Crippen molar-refractivity contribution in [2.45, 2.75) is 44.1 Å². The summed E-state index contributed by atoms with van der Waals surface area (Å²) in [4.78, 5) is 11.5. The molecular weight excluding hydrogens is 338 g/mol. The lowest BCUT2D eigenvalue weighted by Crippen LogP contribution is -2.40. The maximum Gasteiger partial charge on any atom is 0.222 e. The number of ether oxygens (including phenoxy) is 3. The molecule has 3 N–H and O–H groups in total. The van der Waals surface area contributed by atoms with Gasteiger partial charge in [-0.1, -0.05) is 30.3 Å². The minimum atomic E-state index is -0.610. The number of benzene rings is 1. The van der Waals surface area contributed by atoms with Gasteiger partial charge in [-0.05, 0) is 18.4 Å². The van der Waals surface area contributed by atoms with Crippen molar-refractivity contribution in [2.75, 3.05) is 33.0 Å². The molecule has 2 rings (SSSR count). The fourth-order valence-electron chi connectivity index (χ4n) is 2.57. The molecule has 26 heavy (non-hydrogen) atoms. The smallest absolute Gasteiger partial charge is 0.222 e. The first-order valence-corrected chi connectivity index (χ1v) is 9.07.